The number of nitrogens with one attached hydrogen (secondary N) is 1. The fraction of sp³-hybridized carbons (Fsp3) is 0.882. The van der Waals surface area contributed by atoms with E-state index in [1.54, 1.807) is 7.05 Å². The summed E-state index contributed by atoms with van der Waals surface area (Å²) in [6, 6.07) is 0. The lowest BCUT2D eigenvalue weighted by Gasteiger charge is -2.26. The van der Waals surface area contributed by atoms with Gasteiger partial charge < -0.3 is 19.7 Å². The average Bonchev–Trinajstić information content (AvgIpc) is 3.00. The Morgan fingerprint density at radius 2 is 2.00 bits per heavy atom. The van der Waals surface area contributed by atoms with E-state index in [9.17, 15) is 4.79 Å². The molecule has 25 heavy (non-hydrogen) atoms. The summed E-state index contributed by atoms with van der Waals surface area (Å²) in [6.07, 6.45) is 2.28. The fourth-order valence-electron chi connectivity index (χ4n) is 3.42. The van der Waals surface area contributed by atoms with Gasteiger partial charge in [0.15, 0.2) is 5.96 Å². The lowest BCUT2D eigenvalue weighted by atomic mass is 9.99. The number of guanidine groups is 1. The van der Waals surface area contributed by atoms with Gasteiger partial charge in [-0.15, -0.1) is 24.0 Å². The molecular formula is C17H33IN4O3. The normalized spacial score (nSPS) is 24.8. The van der Waals surface area contributed by atoms with Crippen molar-refractivity contribution in [3.8, 4) is 0 Å². The Morgan fingerprint density at radius 3 is 2.64 bits per heavy atom. The van der Waals surface area contributed by atoms with Gasteiger partial charge >= 0.3 is 5.97 Å². The largest absolute Gasteiger partial charge is 0.469 e. The summed E-state index contributed by atoms with van der Waals surface area (Å²) in [6.45, 7) is 9.48. The molecule has 2 unspecified atom stereocenters. The fourth-order valence-corrected chi connectivity index (χ4v) is 3.42. The third-order valence-corrected chi connectivity index (χ3v) is 4.92. The van der Waals surface area contributed by atoms with E-state index < -0.39 is 0 Å². The second-order valence-electron chi connectivity index (χ2n) is 6.65. The summed E-state index contributed by atoms with van der Waals surface area (Å²) >= 11 is 0. The van der Waals surface area contributed by atoms with Gasteiger partial charge in [-0.05, 0) is 25.3 Å². The maximum Gasteiger partial charge on any atom is 0.310 e. The first-order valence-corrected chi connectivity index (χ1v) is 8.99. The van der Waals surface area contributed by atoms with Crippen LogP contribution in [0.25, 0.3) is 0 Å². The van der Waals surface area contributed by atoms with Crippen LogP contribution < -0.4 is 5.32 Å². The summed E-state index contributed by atoms with van der Waals surface area (Å²) in [5.41, 5.74) is 0. The van der Waals surface area contributed by atoms with Crippen LogP contribution in [0.3, 0.4) is 0 Å². The van der Waals surface area contributed by atoms with E-state index in [1.807, 2.05) is 0 Å². The molecule has 2 saturated heterocycles. The van der Waals surface area contributed by atoms with Crippen molar-refractivity contribution < 1.29 is 14.3 Å². The van der Waals surface area contributed by atoms with Gasteiger partial charge in [-0.2, -0.15) is 0 Å². The SMILES string of the molecule is CN=C(NCCCCN1CCOCC1)N1CC(C)C(C(=O)OC)C1.I. The van der Waals surface area contributed by atoms with Crippen LogP contribution in [0.5, 0.6) is 0 Å². The van der Waals surface area contributed by atoms with Crippen LogP contribution in [0.1, 0.15) is 19.8 Å². The topological polar surface area (TPSA) is 66.4 Å². The second kappa shape index (κ2) is 11.9. The zero-order chi connectivity index (χ0) is 17.4. The minimum Gasteiger partial charge on any atom is -0.469 e. The third kappa shape index (κ3) is 6.90. The smallest absolute Gasteiger partial charge is 0.310 e. The zero-order valence-electron chi connectivity index (χ0n) is 15.7. The van der Waals surface area contributed by atoms with E-state index in [1.165, 1.54) is 13.5 Å². The number of morpholine rings is 1. The number of carbonyl (C=O) groups is 1. The molecule has 0 amide bonds. The highest BCUT2D eigenvalue weighted by Gasteiger charge is 2.36. The van der Waals surface area contributed by atoms with E-state index in [-0.39, 0.29) is 41.8 Å². The summed E-state index contributed by atoms with van der Waals surface area (Å²) in [4.78, 5) is 20.8. The van der Waals surface area contributed by atoms with Crippen molar-refractivity contribution in [3.63, 3.8) is 0 Å². The van der Waals surface area contributed by atoms with Gasteiger partial charge in [0.2, 0.25) is 0 Å². The molecule has 7 nitrogen and oxygen atoms in total. The number of methoxy groups -OCH3 is 1. The molecule has 0 aromatic carbocycles. The predicted molar refractivity (Wildman–Crippen MR) is 110 cm³/mol. The Kier molecular flexibility index (Phi) is 10.7. The summed E-state index contributed by atoms with van der Waals surface area (Å²) in [5, 5.41) is 3.43. The van der Waals surface area contributed by atoms with Gasteiger partial charge in [0.05, 0.1) is 26.2 Å². The summed E-state index contributed by atoms with van der Waals surface area (Å²) in [5.74, 6) is 0.998. The molecule has 2 atom stereocenters. The highest BCUT2D eigenvalue weighted by Crippen LogP contribution is 2.24. The molecule has 1 N–H and O–H groups in total. The Morgan fingerprint density at radius 1 is 1.28 bits per heavy atom. The molecule has 0 bridgehead atoms. The molecule has 2 heterocycles. The molecule has 0 saturated carbocycles. The minimum atomic E-state index is -0.119. The number of ether oxygens (including phenoxy) is 2. The van der Waals surface area contributed by atoms with Crippen LogP contribution in [-0.4, -0.2) is 88.4 Å². The zero-order valence-corrected chi connectivity index (χ0v) is 18.0. The van der Waals surface area contributed by atoms with Gasteiger partial charge in [0, 0.05) is 39.8 Å². The Labute approximate surface area is 168 Å². The molecule has 2 rings (SSSR count). The number of halogens is 1. The number of nitrogens with zero attached hydrogens (tertiary/aromatic N) is 3. The number of carbonyl (C=O) groups excluding carboxylic acids is 1. The van der Waals surface area contributed by atoms with Gasteiger partial charge in [0.1, 0.15) is 0 Å². The van der Waals surface area contributed by atoms with E-state index >= 15 is 0 Å². The summed E-state index contributed by atoms with van der Waals surface area (Å²) < 4.78 is 10.3. The molecule has 0 aromatic rings. The van der Waals surface area contributed by atoms with Crippen molar-refractivity contribution >= 4 is 35.9 Å². The lowest BCUT2D eigenvalue weighted by Crippen LogP contribution is -2.41. The van der Waals surface area contributed by atoms with E-state index in [0.29, 0.717) is 6.54 Å². The van der Waals surface area contributed by atoms with Crippen LogP contribution in [0.15, 0.2) is 4.99 Å². The molecule has 0 aliphatic carbocycles. The highest BCUT2D eigenvalue weighted by atomic mass is 127. The molecule has 0 radical (unpaired) electrons. The number of hydrogen-bond donors (Lipinski definition) is 1. The highest BCUT2D eigenvalue weighted by molar-refractivity contribution is 14.0. The Balaban J connectivity index is 0.00000312. The van der Waals surface area contributed by atoms with Crippen molar-refractivity contribution in [3.05, 3.63) is 0 Å². The number of rotatable bonds is 6. The molecule has 2 fully saturated rings. The molecule has 0 aromatic heterocycles. The lowest BCUT2D eigenvalue weighted by molar-refractivity contribution is -0.145. The van der Waals surface area contributed by atoms with E-state index in [0.717, 1.165) is 58.3 Å². The van der Waals surface area contributed by atoms with E-state index in [2.05, 4.69) is 27.0 Å². The first kappa shape index (κ1) is 22.4. The number of aliphatic imine (C=N–C) groups is 1. The van der Waals surface area contributed by atoms with Gasteiger partial charge in [-0.25, -0.2) is 0 Å². The number of unbranched alkanes of at least 4 members (excludes halogenated alkanes) is 1. The maximum absolute atomic E-state index is 11.8. The van der Waals surface area contributed by atoms with Crippen LogP contribution in [-0.2, 0) is 14.3 Å². The monoisotopic (exact) mass is 468 g/mol. The van der Waals surface area contributed by atoms with Crippen molar-refractivity contribution in [1.29, 1.82) is 0 Å². The van der Waals surface area contributed by atoms with Crippen molar-refractivity contribution in [2.45, 2.75) is 19.8 Å². The quantitative estimate of drug-likeness (QED) is 0.207. The predicted octanol–water partition coefficient (Wildman–Crippen LogP) is 1.03. The first-order valence-electron chi connectivity index (χ1n) is 8.99. The number of esters is 1. The van der Waals surface area contributed by atoms with Crippen LogP contribution in [0, 0.1) is 11.8 Å². The van der Waals surface area contributed by atoms with Gasteiger partial charge in [-0.1, -0.05) is 6.92 Å². The first-order chi connectivity index (χ1) is 11.7. The Hall–Kier alpha value is -0.610. The molecule has 8 heteroatoms. The van der Waals surface area contributed by atoms with Crippen LogP contribution in [0.4, 0.5) is 0 Å². The molecule has 0 spiro atoms. The van der Waals surface area contributed by atoms with Crippen molar-refractivity contribution in [1.82, 2.24) is 15.1 Å². The molecule has 2 aliphatic heterocycles. The van der Waals surface area contributed by atoms with Crippen LogP contribution >= 0.6 is 24.0 Å². The minimum absolute atomic E-state index is 0. The third-order valence-electron chi connectivity index (χ3n) is 4.92. The van der Waals surface area contributed by atoms with Gasteiger partial charge in [0.25, 0.3) is 0 Å². The Bertz CT molecular complexity index is 430. The number of likely N-dealkylation sites (tertiary alicyclic amines) is 1. The second-order valence-corrected chi connectivity index (χ2v) is 6.65. The molecular weight excluding hydrogens is 435 g/mol. The average molecular weight is 468 g/mol. The van der Waals surface area contributed by atoms with Crippen LogP contribution in [0.2, 0.25) is 0 Å². The molecule has 2 aliphatic rings. The van der Waals surface area contributed by atoms with E-state index in [4.69, 9.17) is 9.47 Å². The molecule has 146 valence electrons. The maximum atomic E-state index is 11.8. The summed E-state index contributed by atoms with van der Waals surface area (Å²) in [7, 11) is 3.26. The number of hydrogen-bond acceptors (Lipinski definition) is 5. The van der Waals surface area contributed by atoms with Crippen molar-refractivity contribution in [2.75, 3.05) is 66.6 Å². The van der Waals surface area contributed by atoms with Gasteiger partial charge in [-0.3, -0.25) is 14.7 Å². The standard InChI is InChI=1S/C17H32N4O3.HI/c1-14-12-21(13-15(14)16(22)23-3)17(18-2)19-6-4-5-7-20-8-10-24-11-9-20;/h14-15H,4-13H2,1-3H3,(H,18,19);1H. The van der Waals surface area contributed by atoms with Crippen molar-refractivity contribution in [2.24, 2.45) is 16.8 Å².